The van der Waals surface area contributed by atoms with Crippen molar-refractivity contribution in [3.05, 3.63) is 23.8 Å². The molecule has 112 valence electrons. The van der Waals surface area contributed by atoms with Crippen LogP contribution in [-0.4, -0.2) is 33.6 Å². The Bertz CT molecular complexity index is 560. The molecule has 1 aromatic rings. The van der Waals surface area contributed by atoms with Gasteiger partial charge in [0.1, 0.15) is 11.9 Å². The molecule has 0 saturated carbocycles. The first-order chi connectivity index (χ1) is 9.56. The highest BCUT2D eigenvalue weighted by atomic mass is 32.2. The number of benzene rings is 1. The molecular weight excluding hydrogens is 281 g/mol. The molecule has 1 N–H and O–H groups in total. The summed E-state index contributed by atoms with van der Waals surface area (Å²) in [5.74, 6) is 0.564. The zero-order chi connectivity index (χ0) is 14.6. The number of rotatable bonds is 6. The second-order valence-electron chi connectivity index (χ2n) is 4.98. The molecule has 4 nitrogen and oxygen atoms in total. The zero-order valence-electron chi connectivity index (χ0n) is 11.6. The topological polar surface area (TPSA) is 55.4 Å². The number of hydrogen-bond donors (Lipinski definition) is 1. The van der Waals surface area contributed by atoms with Crippen LogP contribution in [-0.2, 0) is 16.3 Å². The van der Waals surface area contributed by atoms with Gasteiger partial charge >= 0.3 is 0 Å². The van der Waals surface area contributed by atoms with E-state index in [1.165, 1.54) is 12.1 Å². The van der Waals surface area contributed by atoms with E-state index in [0.717, 1.165) is 37.9 Å². The molecule has 1 aromatic carbocycles. The third kappa shape index (κ3) is 3.49. The van der Waals surface area contributed by atoms with Crippen molar-refractivity contribution in [3.63, 3.8) is 0 Å². The first kappa shape index (κ1) is 15.3. The maximum atomic E-state index is 12.5. The van der Waals surface area contributed by atoms with E-state index in [-0.39, 0.29) is 11.0 Å². The highest BCUT2D eigenvalue weighted by Gasteiger charge is 2.22. The van der Waals surface area contributed by atoms with Gasteiger partial charge in [-0.05, 0) is 43.5 Å². The smallest absolute Gasteiger partial charge is 0.207 e. The number of alkyl halides is 1. The van der Waals surface area contributed by atoms with Gasteiger partial charge < -0.3 is 10.1 Å². The normalized spacial score (nSPS) is 18.4. The monoisotopic (exact) mass is 301 g/mol. The molecule has 1 unspecified atom stereocenters. The summed E-state index contributed by atoms with van der Waals surface area (Å²) in [6, 6.07) is 3.23. The summed E-state index contributed by atoms with van der Waals surface area (Å²) < 4.78 is 41.4. The predicted molar refractivity (Wildman–Crippen MR) is 75.5 cm³/mol. The summed E-state index contributed by atoms with van der Waals surface area (Å²) >= 11 is 0. The van der Waals surface area contributed by atoms with E-state index >= 15 is 0 Å². The molecule has 0 radical (unpaired) electrons. The highest BCUT2D eigenvalue weighted by molar-refractivity contribution is 7.91. The van der Waals surface area contributed by atoms with Crippen LogP contribution in [0.5, 0.6) is 5.75 Å². The molecule has 0 aromatic heterocycles. The van der Waals surface area contributed by atoms with Crippen LogP contribution in [0.15, 0.2) is 23.1 Å². The van der Waals surface area contributed by atoms with E-state index in [1.807, 2.05) is 0 Å². The van der Waals surface area contributed by atoms with Gasteiger partial charge in [0.05, 0.1) is 4.90 Å². The van der Waals surface area contributed by atoms with Crippen LogP contribution in [0.1, 0.15) is 25.3 Å². The average molecular weight is 301 g/mol. The highest BCUT2D eigenvalue weighted by Crippen LogP contribution is 2.30. The van der Waals surface area contributed by atoms with Gasteiger partial charge in [-0.3, -0.25) is 0 Å². The van der Waals surface area contributed by atoms with Crippen LogP contribution >= 0.6 is 0 Å². The minimum absolute atomic E-state index is 0.0130. The number of aryl methyl sites for hydroxylation is 1. The fourth-order valence-electron chi connectivity index (χ4n) is 2.25. The van der Waals surface area contributed by atoms with E-state index < -0.39 is 15.8 Å². The van der Waals surface area contributed by atoms with Gasteiger partial charge in [0.25, 0.3) is 0 Å². The van der Waals surface area contributed by atoms with Crippen molar-refractivity contribution in [2.45, 2.75) is 37.2 Å². The zero-order valence-corrected chi connectivity index (χ0v) is 12.4. The Kier molecular flexibility index (Phi) is 4.99. The Morgan fingerprint density at radius 3 is 2.95 bits per heavy atom. The van der Waals surface area contributed by atoms with Crippen molar-refractivity contribution in [1.82, 2.24) is 5.32 Å². The number of ether oxygens (including phenoxy) is 1. The number of halogens is 1. The number of nitrogens with one attached hydrogen (secondary N) is 1. The third-order valence-corrected chi connectivity index (χ3v) is 4.63. The Hall–Kier alpha value is -1.14. The van der Waals surface area contributed by atoms with E-state index in [2.05, 4.69) is 12.2 Å². The molecule has 0 saturated heterocycles. The summed E-state index contributed by atoms with van der Waals surface area (Å²) in [6.45, 7) is 3.77. The minimum Gasteiger partial charge on any atom is -0.489 e. The summed E-state index contributed by atoms with van der Waals surface area (Å²) in [7, 11) is -3.83. The molecule has 0 aliphatic carbocycles. The lowest BCUT2D eigenvalue weighted by molar-refractivity contribution is 0.170. The molecule has 2 rings (SSSR count). The number of sulfone groups is 1. The van der Waals surface area contributed by atoms with Gasteiger partial charge in [-0.2, -0.15) is 0 Å². The molecule has 0 bridgehead atoms. The molecule has 1 heterocycles. The quantitative estimate of drug-likeness (QED) is 0.817. The van der Waals surface area contributed by atoms with Crippen molar-refractivity contribution in [3.8, 4) is 5.75 Å². The maximum absolute atomic E-state index is 12.5. The van der Waals surface area contributed by atoms with Gasteiger partial charge in [0.15, 0.2) is 6.01 Å². The Morgan fingerprint density at radius 1 is 1.45 bits per heavy atom. The van der Waals surface area contributed by atoms with Crippen molar-refractivity contribution in [2.24, 2.45) is 0 Å². The van der Waals surface area contributed by atoms with E-state index in [1.54, 1.807) is 6.07 Å². The molecule has 1 aliphatic rings. The third-order valence-electron chi connectivity index (χ3n) is 3.37. The van der Waals surface area contributed by atoms with Crippen LogP contribution < -0.4 is 10.1 Å². The molecule has 0 spiro atoms. The lowest BCUT2D eigenvalue weighted by atomic mass is 10.0. The minimum atomic E-state index is -3.83. The van der Waals surface area contributed by atoms with Crippen molar-refractivity contribution >= 4 is 9.84 Å². The Morgan fingerprint density at radius 2 is 2.25 bits per heavy atom. The van der Waals surface area contributed by atoms with Gasteiger partial charge in [0, 0.05) is 6.54 Å². The number of fused-ring (bicyclic) bond motifs is 1. The summed E-state index contributed by atoms with van der Waals surface area (Å²) in [4.78, 5) is -0.0130. The van der Waals surface area contributed by atoms with Crippen LogP contribution in [0.3, 0.4) is 0 Å². The second kappa shape index (κ2) is 6.54. The molecule has 1 aliphatic heterocycles. The van der Waals surface area contributed by atoms with Crippen molar-refractivity contribution in [1.29, 1.82) is 0 Å². The second-order valence-corrected chi connectivity index (χ2v) is 6.90. The fourth-order valence-corrected chi connectivity index (χ4v) is 2.93. The predicted octanol–water partition coefficient (Wildman–Crippen LogP) is 2.08. The Balaban J connectivity index is 2.12. The first-order valence-electron chi connectivity index (χ1n) is 6.86. The van der Waals surface area contributed by atoms with Gasteiger partial charge in [-0.15, -0.1) is 0 Å². The van der Waals surface area contributed by atoms with Crippen molar-refractivity contribution in [2.75, 3.05) is 19.1 Å². The number of hydrogen-bond acceptors (Lipinski definition) is 4. The molecule has 6 heteroatoms. The standard InChI is InChI=1S/C14H20FNO3S/c1-2-7-16-9-12-5-3-11-4-6-13(8-14(11)19-12)20(17,18)10-15/h4,6,8,12,16H,2-3,5,7,9-10H2,1H3. The van der Waals surface area contributed by atoms with Gasteiger partial charge in [0.2, 0.25) is 9.84 Å². The SMILES string of the molecule is CCCNCC1CCc2ccc(S(=O)(=O)CF)cc2O1. The van der Waals surface area contributed by atoms with Crippen molar-refractivity contribution < 1.29 is 17.5 Å². The van der Waals surface area contributed by atoms with Crippen LogP contribution in [0, 0.1) is 0 Å². The maximum Gasteiger partial charge on any atom is 0.207 e. The average Bonchev–Trinajstić information content (AvgIpc) is 2.46. The van der Waals surface area contributed by atoms with E-state index in [9.17, 15) is 12.8 Å². The molecular formula is C14H20FNO3S. The summed E-state index contributed by atoms with van der Waals surface area (Å²) in [5, 5.41) is 3.29. The lowest BCUT2D eigenvalue weighted by Gasteiger charge is -2.26. The van der Waals surface area contributed by atoms with Gasteiger partial charge in [-0.25, -0.2) is 12.8 Å². The van der Waals surface area contributed by atoms with Gasteiger partial charge in [-0.1, -0.05) is 13.0 Å². The van der Waals surface area contributed by atoms with Crippen LogP contribution in [0.4, 0.5) is 4.39 Å². The molecule has 0 amide bonds. The molecule has 1 atom stereocenters. The summed E-state index contributed by atoms with van der Waals surface area (Å²) in [5.41, 5.74) is 0.981. The van der Waals surface area contributed by atoms with Crippen LogP contribution in [0.25, 0.3) is 0 Å². The lowest BCUT2D eigenvalue weighted by Crippen LogP contribution is -2.34. The van der Waals surface area contributed by atoms with E-state index in [4.69, 9.17) is 4.74 Å². The summed E-state index contributed by atoms with van der Waals surface area (Å²) in [6.07, 6.45) is 2.85. The van der Waals surface area contributed by atoms with E-state index in [0.29, 0.717) is 5.75 Å². The molecule has 0 fully saturated rings. The van der Waals surface area contributed by atoms with Crippen LogP contribution in [0.2, 0.25) is 0 Å². The largest absolute Gasteiger partial charge is 0.489 e. The molecule has 20 heavy (non-hydrogen) atoms. The fraction of sp³-hybridized carbons (Fsp3) is 0.571. The first-order valence-corrected chi connectivity index (χ1v) is 8.51. The Labute approximate surface area is 119 Å².